The third-order valence-electron chi connectivity index (χ3n) is 3.43. The lowest BCUT2D eigenvalue weighted by Gasteiger charge is -2.09. The molecule has 0 aliphatic carbocycles. The molecule has 3 N–H and O–H groups in total. The van der Waals surface area contributed by atoms with E-state index < -0.39 is 0 Å². The first-order chi connectivity index (χ1) is 9.63. The van der Waals surface area contributed by atoms with Crippen molar-refractivity contribution >= 4 is 11.0 Å². The normalized spacial score (nSPS) is 14.6. The molecule has 0 radical (unpaired) electrons. The molecule has 0 spiro atoms. The first kappa shape index (κ1) is 12.8. The van der Waals surface area contributed by atoms with Gasteiger partial charge in [0.2, 0.25) is 5.89 Å². The van der Waals surface area contributed by atoms with Gasteiger partial charge in [-0.2, -0.15) is 4.98 Å². The fourth-order valence-electron chi connectivity index (χ4n) is 1.99. The van der Waals surface area contributed by atoms with Crippen molar-refractivity contribution in [2.75, 3.05) is 0 Å². The monoisotopic (exact) mass is 271 g/mol. The lowest BCUT2D eigenvalue weighted by molar-refractivity contribution is 0.343. The molecule has 2 unspecified atom stereocenters. The molecule has 0 amide bonds. The largest absolute Gasteiger partial charge is 0.342 e. The van der Waals surface area contributed by atoms with E-state index in [0.717, 1.165) is 16.9 Å². The molecular weight excluding hydrogens is 254 g/mol. The van der Waals surface area contributed by atoms with Crippen LogP contribution in [0.1, 0.15) is 37.3 Å². The number of aromatic nitrogens is 4. The molecule has 0 bridgehead atoms. The summed E-state index contributed by atoms with van der Waals surface area (Å²) in [5, 5.41) is 3.98. The van der Waals surface area contributed by atoms with Gasteiger partial charge in [0.1, 0.15) is 5.82 Å². The second-order valence-corrected chi connectivity index (χ2v) is 5.07. The van der Waals surface area contributed by atoms with Crippen LogP contribution in [0.2, 0.25) is 0 Å². The van der Waals surface area contributed by atoms with Crippen LogP contribution in [0.25, 0.3) is 11.0 Å². The summed E-state index contributed by atoms with van der Waals surface area (Å²) < 4.78 is 5.25. The van der Waals surface area contributed by atoms with Crippen molar-refractivity contribution in [2.45, 2.75) is 32.2 Å². The molecule has 20 heavy (non-hydrogen) atoms. The molecule has 2 atom stereocenters. The number of nitrogens with zero attached hydrogens (tertiary/aromatic N) is 3. The number of nitrogens with two attached hydrogens (primary N) is 1. The zero-order valence-corrected chi connectivity index (χ0v) is 11.5. The van der Waals surface area contributed by atoms with E-state index in [1.165, 1.54) is 0 Å². The highest BCUT2D eigenvalue weighted by Gasteiger charge is 2.18. The molecule has 6 heteroatoms. The van der Waals surface area contributed by atoms with Crippen molar-refractivity contribution in [3.8, 4) is 0 Å². The first-order valence-electron chi connectivity index (χ1n) is 6.65. The van der Waals surface area contributed by atoms with E-state index in [9.17, 15) is 0 Å². The molecule has 0 aliphatic heterocycles. The predicted octanol–water partition coefficient (Wildman–Crippen LogP) is 1.99. The number of hydrogen-bond acceptors (Lipinski definition) is 5. The number of benzene rings is 1. The predicted molar refractivity (Wildman–Crippen MR) is 75.3 cm³/mol. The van der Waals surface area contributed by atoms with Crippen molar-refractivity contribution in [3.63, 3.8) is 0 Å². The molecule has 0 fully saturated rings. The highest BCUT2D eigenvalue weighted by atomic mass is 16.5. The van der Waals surface area contributed by atoms with E-state index >= 15 is 0 Å². The van der Waals surface area contributed by atoms with Gasteiger partial charge >= 0.3 is 0 Å². The molecule has 0 saturated carbocycles. The lowest BCUT2D eigenvalue weighted by atomic mass is 10.1. The fraction of sp³-hybridized carbons (Fsp3) is 0.357. The molecule has 1 aromatic carbocycles. The molecule has 0 aliphatic rings. The van der Waals surface area contributed by atoms with Gasteiger partial charge in [0.25, 0.3) is 0 Å². The smallest absolute Gasteiger partial charge is 0.231 e. The molecule has 104 valence electrons. The van der Waals surface area contributed by atoms with Crippen LogP contribution in [0.4, 0.5) is 0 Å². The molecule has 3 aromatic rings. The number of hydrogen-bond donors (Lipinski definition) is 2. The van der Waals surface area contributed by atoms with Crippen molar-refractivity contribution < 1.29 is 4.52 Å². The highest BCUT2D eigenvalue weighted by molar-refractivity contribution is 5.74. The third kappa shape index (κ3) is 2.42. The van der Waals surface area contributed by atoms with Crippen LogP contribution >= 0.6 is 0 Å². The Hall–Kier alpha value is -2.21. The van der Waals surface area contributed by atoms with E-state index in [-0.39, 0.29) is 12.0 Å². The van der Waals surface area contributed by atoms with E-state index in [4.69, 9.17) is 10.3 Å². The van der Waals surface area contributed by atoms with Crippen LogP contribution in [0.5, 0.6) is 0 Å². The Labute approximate surface area is 116 Å². The van der Waals surface area contributed by atoms with Gasteiger partial charge in [-0.25, -0.2) is 4.98 Å². The highest BCUT2D eigenvalue weighted by Crippen LogP contribution is 2.17. The zero-order valence-electron chi connectivity index (χ0n) is 11.5. The molecule has 2 aromatic heterocycles. The number of aromatic amines is 1. The number of H-pyrrole nitrogens is 1. The van der Waals surface area contributed by atoms with Gasteiger partial charge in [-0.3, -0.25) is 0 Å². The summed E-state index contributed by atoms with van der Waals surface area (Å²) in [5.41, 5.74) is 7.78. The van der Waals surface area contributed by atoms with E-state index in [1.54, 1.807) is 0 Å². The van der Waals surface area contributed by atoms with Crippen LogP contribution in [0, 0.1) is 0 Å². The van der Waals surface area contributed by atoms with Crippen molar-refractivity contribution in [1.29, 1.82) is 0 Å². The van der Waals surface area contributed by atoms with Gasteiger partial charge in [-0.1, -0.05) is 24.2 Å². The summed E-state index contributed by atoms with van der Waals surface area (Å²) in [5.74, 6) is 2.07. The molecule has 2 heterocycles. The van der Waals surface area contributed by atoms with Crippen LogP contribution in [0.3, 0.4) is 0 Å². The van der Waals surface area contributed by atoms with Crippen LogP contribution in [-0.4, -0.2) is 26.2 Å². The molecule has 0 saturated heterocycles. The van der Waals surface area contributed by atoms with Crippen LogP contribution in [0.15, 0.2) is 28.8 Å². The Morgan fingerprint density at radius 1 is 1.25 bits per heavy atom. The van der Waals surface area contributed by atoms with E-state index in [2.05, 4.69) is 20.1 Å². The number of imidazole rings is 1. The lowest BCUT2D eigenvalue weighted by Crippen LogP contribution is -2.22. The molecule has 3 rings (SSSR count). The number of para-hydroxylation sites is 2. The summed E-state index contributed by atoms with van der Waals surface area (Å²) in [6.07, 6.45) is 0.518. The number of nitrogens with one attached hydrogen (secondary N) is 1. The van der Waals surface area contributed by atoms with Crippen LogP contribution < -0.4 is 5.73 Å². The zero-order chi connectivity index (χ0) is 14.1. The van der Waals surface area contributed by atoms with Crippen molar-refractivity contribution in [1.82, 2.24) is 20.1 Å². The first-order valence-corrected chi connectivity index (χ1v) is 6.65. The minimum absolute atomic E-state index is 0.0190. The van der Waals surface area contributed by atoms with E-state index in [1.807, 2.05) is 38.1 Å². The third-order valence-corrected chi connectivity index (χ3v) is 3.43. The van der Waals surface area contributed by atoms with Crippen molar-refractivity contribution in [3.05, 3.63) is 41.8 Å². The Kier molecular flexibility index (Phi) is 3.23. The minimum Gasteiger partial charge on any atom is -0.342 e. The Morgan fingerprint density at radius 2 is 2.05 bits per heavy atom. The number of fused-ring (bicyclic) bond motifs is 1. The van der Waals surface area contributed by atoms with Gasteiger partial charge in [0.05, 0.1) is 23.4 Å². The van der Waals surface area contributed by atoms with Gasteiger partial charge < -0.3 is 15.2 Å². The Bertz CT molecular complexity index is 682. The van der Waals surface area contributed by atoms with Crippen molar-refractivity contribution in [2.24, 2.45) is 5.73 Å². The summed E-state index contributed by atoms with van der Waals surface area (Å²) >= 11 is 0. The van der Waals surface area contributed by atoms with Gasteiger partial charge in [0, 0.05) is 6.04 Å². The number of rotatable bonds is 4. The second kappa shape index (κ2) is 5.05. The maximum Gasteiger partial charge on any atom is 0.231 e. The quantitative estimate of drug-likeness (QED) is 0.756. The van der Waals surface area contributed by atoms with Crippen LogP contribution in [-0.2, 0) is 6.42 Å². The van der Waals surface area contributed by atoms with E-state index in [0.29, 0.717) is 18.1 Å². The SMILES string of the molecule is CC(N)C(C)c1nc(Cc2nc3ccccc3[nH]2)no1. The minimum atomic E-state index is -0.0190. The Morgan fingerprint density at radius 3 is 2.80 bits per heavy atom. The topological polar surface area (TPSA) is 93.6 Å². The Balaban J connectivity index is 1.81. The molecule has 6 nitrogen and oxygen atoms in total. The maximum atomic E-state index is 5.83. The maximum absolute atomic E-state index is 5.83. The fourth-order valence-corrected chi connectivity index (χ4v) is 1.99. The summed E-state index contributed by atoms with van der Waals surface area (Å²) in [6.45, 7) is 3.90. The molecular formula is C14H17N5O. The average molecular weight is 271 g/mol. The second-order valence-electron chi connectivity index (χ2n) is 5.07. The summed E-state index contributed by atoms with van der Waals surface area (Å²) in [4.78, 5) is 12.1. The summed E-state index contributed by atoms with van der Waals surface area (Å²) in [7, 11) is 0. The van der Waals surface area contributed by atoms with Gasteiger partial charge in [-0.15, -0.1) is 0 Å². The standard InChI is InChI=1S/C14H17N5O/c1-8(9(2)15)14-18-13(19-20-14)7-12-16-10-5-3-4-6-11(10)17-12/h3-6,8-9H,7,15H2,1-2H3,(H,16,17). The van der Waals surface area contributed by atoms with Gasteiger partial charge in [-0.05, 0) is 19.1 Å². The van der Waals surface area contributed by atoms with Gasteiger partial charge in [0.15, 0.2) is 5.82 Å². The average Bonchev–Trinajstić information content (AvgIpc) is 3.03. The summed E-state index contributed by atoms with van der Waals surface area (Å²) in [6, 6.07) is 7.88.